The van der Waals surface area contributed by atoms with Crippen LogP contribution in [0.5, 0.6) is 5.75 Å². The summed E-state index contributed by atoms with van der Waals surface area (Å²) in [7, 11) is 0. The molecular formula is C12H14BF4KO2. The monoisotopic (exact) mass is 316 g/mol. The second-order valence-electron chi connectivity index (χ2n) is 4.56. The third kappa shape index (κ3) is 5.31. The van der Waals surface area contributed by atoms with Gasteiger partial charge in [0, 0.05) is 12.7 Å². The van der Waals surface area contributed by atoms with Crippen LogP contribution in [-0.4, -0.2) is 26.3 Å². The van der Waals surface area contributed by atoms with Gasteiger partial charge < -0.3 is 22.4 Å². The summed E-state index contributed by atoms with van der Waals surface area (Å²) in [5, 5.41) is 0. The third-order valence-electron chi connectivity index (χ3n) is 3.03. The Bertz CT molecular complexity index is 436. The Morgan fingerprint density at radius 2 is 2.00 bits per heavy atom. The van der Waals surface area contributed by atoms with Crippen LogP contribution in [-0.2, 0) is 4.74 Å². The molecule has 1 atom stereocenters. The molecule has 1 unspecified atom stereocenters. The minimum absolute atomic E-state index is 0. The van der Waals surface area contributed by atoms with Crippen molar-refractivity contribution in [3.63, 3.8) is 0 Å². The first-order chi connectivity index (χ1) is 8.97. The number of benzene rings is 1. The van der Waals surface area contributed by atoms with Gasteiger partial charge in [-0.3, -0.25) is 0 Å². The quantitative estimate of drug-likeness (QED) is 0.567. The van der Waals surface area contributed by atoms with Gasteiger partial charge in [-0.15, -0.1) is 0 Å². The summed E-state index contributed by atoms with van der Waals surface area (Å²) >= 11 is 0. The summed E-state index contributed by atoms with van der Waals surface area (Å²) in [4.78, 5) is 0. The fourth-order valence-corrected chi connectivity index (χ4v) is 1.99. The summed E-state index contributed by atoms with van der Waals surface area (Å²) in [5.74, 6) is -1.20. The van der Waals surface area contributed by atoms with Gasteiger partial charge in [0.25, 0.3) is 0 Å². The molecule has 1 heterocycles. The Labute approximate surface area is 157 Å². The van der Waals surface area contributed by atoms with Crippen molar-refractivity contribution in [3.8, 4) is 5.75 Å². The molecule has 2 rings (SSSR count). The Morgan fingerprint density at radius 3 is 2.55 bits per heavy atom. The molecule has 2 nitrogen and oxygen atoms in total. The molecule has 1 saturated heterocycles. The fraction of sp³-hybridized carbons (Fsp3) is 0.500. The molecule has 0 saturated carbocycles. The Balaban J connectivity index is 0.00000200. The van der Waals surface area contributed by atoms with E-state index in [2.05, 4.69) is 0 Å². The molecule has 0 bridgehead atoms. The van der Waals surface area contributed by atoms with Gasteiger partial charge in [-0.2, -0.15) is 0 Å². The standard InChI is InChI=1S/C12H14BF4O2.K/c14-12-7-9(4-5-11(12)13(15,16)17)19-8-10-3-1-2-6-18-10;/h4-5,7,10H,1-3,6,8H2;/q-1;+1. The van der Waals surface area contributed by atoms with Crippen molar-refractivity contribution in [2.75, 3.05) is 13.2 Å². The smallest absolute Gasteiger partial charge is 0.491 e. The van der Waals surface area contributed by atoms with Crippen LogP contribution in [0, 0.1) is 5.82 Å². The van der Waals surface area contributed by atoms with Crippen LogP contribution >= 0.6 is 0 Å². The van der Waals surface area contributed by atoms with E-state index in [4.69, 9.17) is 9.47 Å². The van der Waals surface area contributed by atoms with Crippen LogP contribution in [0.25, 0.3) is 0 Å². The van der Waals surface area contributed by atoms with E-state index in [1.807, 2.05) is 0 Å². The first kappa shape index (κ1) is 18.5. The van der Waals surface area contributed by atoms with Crippen LogP contribution < -0.4 is 61.6 Å². The summed E-state index contributed by atoms with van der Waals surface area (Å²) < 4.78 is 61.2. The van der Waals surface area contributed by atoms with Crippen molar-refractivity contribution < 1.29 is 78.2 Å². The Kier molecular flexibility index (Phi) is 7.51. The molecule has 106 valence electrons. The van der Waals surface area contributed by atoms with Gasteiger partial charge in [0.15, 0.2) is 0 Å². The number of ether oxygens (including phenoxy) is 2. The Hall–Kier alpha value is 0.401. The topological polar surface area (TPSA) is 18.5 Å². The minimum Gasteiger partial charge on any atom is -0.491 e. The number of hydrogen-bond donors (Lipinski definition) is 0. The van der Waals surface area contributed by atoms with Gasteiger partial charge in [0.2, 0.25) is 0 Å². The number of rotatable bonds is 4. The predicted molar refractivity (Wildman–Crippen MR) is 64.2 cm³/mol. The van der Waals surface area contributed by atoms with E-state index in [9.17, 15) is 17.3 Å². The maximum Gasteiger partial charge on any atom is 1.00 e. The molecule has 1 aromatic carbocycles. The number of hydrogen-bond acceptors (Lipinski definition) is 2. The molecular weight excluding hydrogens is 302 g/mol. The predicted octanol–water partition coefficient (Wildman–Crippen LogP) is -0.168. The van der Waals surface area contributed by atoms with Crippen molar-refractivity contribution in [1.29, 1.82) is 0 Å². The summed E-state index contributed by atoms with van der Waals surface area (Å²) in [6.07, 6.45) is 2.83. The molecule has 1 aliphatic rings. The molecule has 0 radical (unpaired) electrons. The van der Waals surface area contributed by atoms with E-state index in [-0.39, 0.29) is 69.8 Å². The van der Waals surface area contributed by atoms with Crippen LogP contribution in [0.3, 0.4) is 0 Å². The molecule has 8 heteroatoms. The van der Waals surface area contributed by atoms with Gasteiger partial charge in [0.1, 0.15) is 12.4 Å². The molecule has 1 fully saturated rings. The third-order valence-corrected chi connectivity index (χ3v) is 3.03. The first-order valence-electron chi connectivity index (χ1n) is 6.20. The van der Waals surface area contributed by atoms with Gasteiger partial charge in [-0.05, 0) is 25.3 Å². The molecule has 1 aliphatic heterocycles. The zero-order chi connectivity index (χ0) is 13.9. The largest absolute Gasteiger partial charge is 1.00 e. The van der Waals surface area contributed by atoms with Gasteiger partial charge in [0.05, 0.1) is 11.9 Å². The second kappa shape index (κ2) is 8.14. The van der Waals surface area contributed by atoms with Crippen molar-refractivity contribution in [1.82, 2.24) is 0 Å². The SMILES string of the molecule is Fc1cc(OCC2CCCCO2)ccc1[B-](F)(F)F.[K+]. The second-order valence-corrected chi connectivity index (χ2v) is 4.56. The zero-order valence-electron chi connectivity index (χ0n) is 11.3. The maximum atomic E-state index is 13.3. The molecule has 0 amide bonds. The van der Waals surface area contributed by atoms with E-state index < -0.39 is 18.3 Å². The van der Waals surface area contributed by atoms with E-state index in [1.54, 1.807) is 0 Å². The zero-order valence-corrected chi connectivity index (χ0v) is 14.4. The summed E-state index contributed by atoms with van der Waals surface area (Å²) in [6.45, 7) is -4.43. The summed E-state index contributed by atoms with van der Waals surface area (Å²) in [6, 6.07) is 2.62. The van der Waals surface area contributed by atoms with Crippen molar-refractivity contribution in [2.45, 2.75) is 25.4 Å². The summed E-state index contributed by atoms with van der Waals surface area (Å²) in [5.41, 5.74) is -1.22. The Morgan fingerprint density at radius 1 is 1.25 bits per heavy atom. The number of halogens is 4. The van der Waals surface area contributed by atoms with Crippen molar-refractivity contribution in [2.24, 2.45) is 0 Å². The minimum atomic E-state index is -5.33. The molecule has 0 aromatic heterocycles. The van der Waals surface area contributed by atoms with Crippen LogP contribution in [0.2, 0.25) is 0 Å². The average Bonchev–Trinajstić information content (AvgIpc) is 2.36. The molecule has 0 N–H and O–H groups in total. The van der Waals surface area contributed by atoms with Crippen LogP contribution in [0.4, 0.5) is 17.3 Å². The van der Waals surface area contributed by atoms with Crippen LogP contribution in [0.15, 0.2) is 18.2 Å². The molecule has 20 heavy (non-hydrogen) atoms. The average molecular weight is 316 g/mol. The van der Waals surface area contributed by atoms with E-state index in [0.717, 1.165) is 31.4 Å². The normalized spacial score (nSPS) is 19.3. The molecule has 0 spiro atoms. The fourth-order valence-electron chi connectivity index (χ4n) is 1.99. The maximum absolute atomic E-state index is 13.3. The van der Waals surface area contributed by atoms with E-state index in [1.165, 1.54) is 0 Å². The first-order valence-corrected chi connectivity index (χ1v) is 6.20. The van der Waals surface area contributed by atoms with Gasteiger partial charge >= 0.3 is 58.4 Å². The van der Waals surface area contributed by atoms with Gasteiger partial charge in [-0.1, -0.05) is 11.5 Å². The van der Waals surface area contributed by atoms with E-state index >= 15 is 0 Å². The van der Waals surface area contributed by atoms with Gasteiger partial charge in [-0.25, -0.2) is 4.39 Å². The molecule has 1 aromatic rings. The van der Waals surface area contributed by atoms with Crippen LogP contribution in [0.1, 0.15) is 19.3 Å². The van der Waals surface area contributed by atoms with Crippen molar-refractivity contribution >= 4 is 12.4 Å². The van der Waals surface area contributed by atoms with E-state index in [0.29, 0.717) is 12.7 Å². The molecule has 0 aliphatic carbocycles. The van der Waals surface area contributed by atoms with Crippen molar-refractivity contribution in [3.05, 3.63) is 24.0 Å².